The highest BCUT2D eigenvalue weighted by Gasteiger charge is 2.20. The first-order valence-corrected chi connectivity index (χ1v) is 8.42. The van der Waals surface area contributed by atoms with Gasteiger partial charge >= 0.3 is 6.03 Å². The summed E-state index contributed by atoms with van der Waals surface area (Å²) in [6, 6.07) is 3.25. The summed E-state index contributed by atoms with van der Waals surface area (Å²) in [5.74, 6) is 0.351. The highest BCUT2D eigenvalue weighted by Crippen LogP contribution is 2.23. The number of thioether (sulfide) groups is 1. The van der Waals surface area contributed by atoms with E-state index in [1.54, 1.807) is 18.3 Å². The molecule has 0 saturated carbocycles. The van der Waals surface area contributed by atoms with Crippen molar-refractivity contribution in [2.75, 3.05) is 0 Å². The lowest BCUT2D eigenvalue weighted by molar-refractivity contribution is -0.119. The van der Waals surface area contributed by atoms with Gasteiger partial charge < -0.3 is 10.3 Å². The van der Waals surface area contributed by atoms with Crippen molar-refractivity contribution < 1.29 is 9.59 Å². The maximum atomic E-state index is 11.7. The number of carbonyl (C=O) groups is 2. The minimum atomic E-state index is -0.854. The molecule has 2 aromatic heterocycles. The lowest BCUT2D eigenvalue weighted by atomic mass is 10.3. The van der Waals surface area contributed by atoms with Crippen LogP contribution in [0.25, 0.3) is 0 Å². The second-order valence-electron chi connectivity index (χ2n) is 4.62. The highest BCUT2D eigenvalue weighted by molar-refractivity contribution is 8.00. The van der Waals surface area contributed by atoms with E-state index in [9.17, 15) is 9.59 Å². The Morgan fingerprint density at radius 1 is 1.50 bits per heavy atom. The van der Waals surface area contributed by atoms with Crippen molar-refractivity contribution in [2.24, 2.45) is 5.73 Å². The molecule has 9 heteroatoms. The third-order valence-corrected chi connectivity index (χ3v) is 4.98. The molecule has 0 aliphatic carbocycles. The molecule has 1 unspecified atom stereocenters. The van der Waals surface area contributed by atoms with Crippen LogP contribution in [0, 0.1) is 6.92 Å². The largest absolute Gasteiger partial charge is 0.351 e. The van der Waals surface area contributed by atoms with Gasteiger partial charge in [-0.1, -0.05) is 17.8 Å². The summed E-state index contributed by atoms with van der Waals surface area (Å²) < 4.78 is 1.97. The minimum Gasteiger partial charge on any atom is -0.351 e. The second-order valence-corrected chi connectivity index (χ2v) is 6.96. The summed E-state index contributed by atoms with van der Waals surface area (Å²) >= 11 is 2.96. The number of carbonyl (C=O) groups excluding carboxylic acids is 2. The number of hydrogen-bond donors (Lipinski definition) is 2. The van der Waals surface area contributed by atoms with E-state index < -0.39 is 17.2 Å². The summed E-state index contributed by atoms with van der Waals surface area (Å²) in [5, 5.41) is 12.4. The van der Waals surface area contributed by atoms with Crippen molar-refractivity contribution in [3.63, 3.8) is 0 Å². The van der Waals surface area contributed by atoms with Gasteiger partial charge in [-0.05, 0) is 31.7 Å². The fraction of sp³-hybridized carbons (Fsp3) is 0.385. The number of nitrogens with zero attached hydrogens (tertiary/aromatic N) is 3. The van der Waals surface area contributed by atoms with Crippen LogP contribution in [-0.2, 0) is 17.8 Å². The van der Waals surface area contributed by atoms with E-state index in [1.165, 1.54) is 16.6 Å². The van der Waals surface area contributed by atoms with E-state index in [4.69, 9.17) is 5.73 Å². The van der Waals surface area contributed by atoms with Crippen LogP contribution in [0.1, 0.15) is 17.6 Å². The Kier molecular flexibility index (Phi) is 5.56. The van der Waals surface area contributed by atoms with Gasteiger partial charge in [-0.2, -0.15) is 0 Å². The van der Waals surface area contributed by atoms with Crippen LogP contribution in [-0.4, -0.2) is 32.0 Å². The molecule has 1 atom stereocenters. The maximum Gasteiger partial charge on any atom is 0.318 e. The van der Waals surface area contributed by atoms with Crippen LogP contribution in [0.15, 0.2) is 22.7 Å². The van der Waals surface area contributed by atoms with Gasteiger partial charge in [-0.25, -0.2) is 4.79 Å². The smallest absolute Gasteiger partial charge is 0.318 e. The fourth-order valence-corrected chi connectivity index (χ4v) is 3.44. The van der Waals surface area contributed by atoms with Crippen molar-refractivity contribution in [1.82, 2.24) is 20.1 Å². The standard InChI is InChI=1S/C13H17N5O2S2/c1-8(11(19)15-12(14)20)22-13-17-16-9(2)18(13)6-5-10-4-3-7-21-10/h3-4,7-8H,5-6H2,1-2H3,(H3,14,15,19,20). The van der Waals surface area contributed by atoms with Gasteiger partial charge in [0.2, 0.25) is 5.91 Å². The van der Waals surface area contributed by atoms with Crippen LogP contribution < -0.4 is 11.1 Å². The number of thiophene rings is 1. The van der Waals surface area contributed by atoms with Gasteiger partial charge in [-0.15, -0.1) is 21.5 Å². The average Bonchev–Trinajstić information content (AvgIpc) is 3.07. The molecule has 3 N–H and O–H groups in total. The first-order chi connectivity index (χ1) is 10.5. The van der Waals surface area contributed by atoms with E-state index in [-0.39, 0.29) is 0 Å². The Balaban J connectivity index is 2.02. The normalized spacial score (nSPS) is 12.1. The summed E-state index contributed by atoms with van der Waals surface area (Å²) in [5.41, 5.74) is 4.95. The van der Waals surface area contributed by atoms with Crippen molar-refractivity contribution >= 4 is 35.0 Å². The molecule has 2 rings (SSSR count). The van der Waals surface area contributed by atoms with Gasteiger partial charge in [0.05, 0.1) is 5.25 Å². The zero-order chi connectivity index (χ0) is 16.1. The van der Waals surface area contributed by atoms with Gasteiger partial charge in [-0.3, -0.25) is 10.1 Å². The number of nitrogens with one attached hydrogen (secondary N) is 1. The molecule has 0 fully saturated rings. The van der Waals surface area contributed by atoms with Gasteiger partial charge in [0, 0.05) is 11.4 Å². The highest BCUT2D eigenvalue weighted by atomic mass is 32.2. The number of hydrogen-bond acceptors (Lipinski definition) is 6. The van der Waals surface area contributed by atoms with E-state index in [1.807, 2.05) is 22.9 Å². The third kappa shape index (κ3) is 4.31. The van der Waals surface area contributed by atoms with Gasteiger partial charge in [0.15, 0.2) is 5.16 Å². The third-order valence-electron chi connectivity index (χ3n) is 2.96. The number of aryl methyl sites for hydroxylation is 2. The predicted molar refractivity (Wildman–Crippen MR) is 85.8 cm³/mol. The van der Waals surface area contributed by atoms with Gasteiger partial charge in [0.1, 0.15) is 5.82 Å². The molecule has 0 saturated heterocycles. The Morgan fingerprint density at radius 2 is 2.27 bits per heavy atom. The van der Waals surface area contributed by atoms with Crippen LogP contribution in [0.2, 0.25) is 0 Å². The lowest BCUT2D eigenvalue weighted by Crippen LogP contribution is -2.39. The SMILES string of the molecule is Cc1nnc(SC(C)C(=O)NC(N)=O)n1CCc1cccs1. The van der Waals surface area contributed by atoms with E-state index in [0.29, 0.717) is 5.16 Å². The Bertz CT molecular complexity index is 653. The van der Waals surface area contributed by atoms with Gasteiger partial charge in [0.25, 0.3) is 0 Å². The van der Waals surface area contributed by atoms with Crippen molar-refractivity contribution in [1.29, 1.82) is 0 Å². The summed E-state index contributed by atoms with van der Waals surface area (Å²) in [4.78, 5) is 23.7. The molecular formula is C13H17N5O2S2. The van der Waals surface area contributed by atoms with Crippen molar-refractivity contribution in [3.05, 3.63) is 28.2 Å². The lowest BCUT2D eigenvalue weighted by Gasteiger charge is -2.11. The number of rotatable bonds is 6. The number of imide groups is 1. The maximum absolute atomic E-state index is 11.7. The monoisotopic (exact) mass is 339 g/mol. The number of urea groups is 1. The molecule has 0 radical (unpaired) electrons. The van der Waals surface area contributed by atoms with E-state index in [0.717, 1.165) is 18.8 Å². The molecule has 22 heavy (non-hydrogen) atoms. The second kappa shape index (κ2) is 7.41. The Morgan fingerprint density at radius 3 is 2.91 bits per heavy atom. The molecule has 2 aromatic rings. The minimum absolute atomic E-state index is 0.442. The summed E-state index contributed by atoms with van der Waals surface area (Å²) in [6.45, 7) is 4.31. The molecule has 118 valence electrons. The van der Waals surface area contributed by atoms with E-state index in [2.05, 4.69) is 21.6 Å². The van der Waals surface area contributed by atoms with Crippen molar-refractivity contribution in [3.8, 4) is 0 Å². The first-order valence-electron chi connectivity index (χ1n) is 6.66. The van der Waals surface area contributed by atoms with Crippen LogP contribution >= 0.6 is 23.1 Å². The molecule has 0 aromatic carbocycles. The number of amides is 3. The van der Waals surface area contributed by atoms with Crippen LogP contribution in [0.4, 0.5) is 4.79 Å². The number of nitrogens with two attached hydrogens (primary N) is 1. The van der Waals surface area contributed by atoms with Crippen LogP contribution in [0.3, 0.4) is 0 Å². The fourth-order valence-electron chi connectivity index (χ4n) is 1.82. The topological polar surface area (TPSA) is 103 Å². The predicted octanol–water partition coefficient (Wildman–Crippen LogP) is 1.57. The molecule has 0 bridgehead atoms. The molecule has 7 nitrogen and oxygen atoms in total. The molecule has 0 aliphatic heterocycles. The first kappa shape index (κ1) is 16.5. The van der Waals surface area contributed by atoms with Crippen molar-refractivity contribution in [2.45, 2.75) is 37.2 Å². The Labute approximate surface area is 136 Å². The zero-order valence-corrected chi connectivity index (χ0v) is 13.9. The molecule has 2 heterocycles. The number of aromatic nitrogens is 3. The quantitative estimate of drug-likeness (QED) is 0.778. The summed E-state index contributed by atoms with van der Waals surface area (Å²) in [6.07, 6.45) is 0.881. The number of primary amides is 1. The molecular weight excluding hydrogens is 322 g/mol. The Hall–Kier alpha value is -1.87. The summed E-state index contributed by atoms with van der Waals surface area (Å²) in [7, 11) is 0. The molecule has 0 spiro atoms. The van der Waals surface area contributed by atoms with E-state index >= 15 is 0 Å². The average molecular weight is 339 g/mol. The molecule has 0 aliphatic rings. The van der Waals surface area contributed by atoms with Crippen LogP contribution in [0.5, 0.6) is 0 Å². The molecule has 3 amide bonds. The zero-order valence-electron chi connectivity index (χ0n) is 12.3.